The highest BCUT2D eigenvalue weighted by Crippen LogP contribution is 2.42. The number of alkyl halides is 3. The summed E-state index contributed by atoms with van der Waals surface area (Å²) >= 11 is 0. The lowest BCUT2D eigenvalue weighted by atomic mass is 9.78. The van der Waals surface area contributed by atoms with Gasteiger partial charge in [0.2, 0.25) is 0 Å². The lowest BCUT2D eigenvalue weighted by Crippen LogP contribution is -2.39. The number of aromatic nitrogens is 1. The third-order valence-electron chi connectivity index (χ3n) is 3.68. The van der Waals surface area contributed by atoms with Gasteiger partial charge in [-0.1, -0.05) is 19.3 Å². The summed E-state index contributed by atoms with van der Waals surface area (Å²) in [6.07, 6.45) is -1.16. The minimum Gasteiger partial charge on any atom is -0.387 e. The fourth-order valence-electron chi connectivity index (χ4n) is 2.61. The van der Waals surface area contributed by atoms with E-state index in [1.807, 2.05) is 0 Å². The summed E-state index contributed by atoms with van der Waals surface area (Å²) in [4.78, 5) is 3.63. The number of rotatable bonds is 2. The van der Waals surface area contributed by atoms with Crippen molar-refractivity contribution in [3.05, 3.63) is 29.6 Å². The second kappa shape index (κ2) is 5.09. The molecule has 2 N–H and O–H groups in total. The van der Waals surface area contributed by atoms with E-state index in [9.17, 15) is 23.4 Å². The van der Waals surface area contributed by atoms with Crippen molar-refractivity contribution >= 4 is 0 Å². The Morgan fingerprint density at radius 1 is 1.21 bits per heavy atom. The molecule has 1 aromatic heterocycles. The molecule has 1 aromatic rings. The Hall–Kier alpha value is -1.14. The monoisotopic (exact) mass is 275 g/mol. The number of hydrogen-bond acceptors (Lipinski definition) is 3. The van der Waals surface area contributed by atoms with Gasteiger partial charge in [0.1, 0.15) is 6.10 Å². The Balaban J connectivity index is 2.36. The van der Waals surface area contributed by atoms with Crippen LogP contribution in [0.4, 0.5) is 13.2 Å². The molecule has 106 valence electrons. The van der Waals surface area contributed by atoms with Gasteiger partial charge in [-0.25, -0.2) is 0 Å². The van der Waals surface area contributed by atoms with Gasteiger partial charge in [0.25, 0.3) is 0 Å². The van der Waals surface area contributed by atoms with Crippen LogP contribution in [0, 0.1) is 0 Å². The minimum absolute atomic E-state index is 0.306. The van der Waals surface area contributed by atoms with E-state index >= 15 is 0 Å². The Labute approximate surface area is 109 Å². The van der Waals surface area contributed by atoms with Crippen molar-refractivity contribution in [1.82, 2.24) is 4.98 Å². The van der Waals surface area contributed by atoms with Crippen LogP contribution in [-0.2, 0) is 6.18 Å². The zero-order valence-electron chi connectivity index (χ0n) is 10.3. The molecule has 1 unspecified atom stereocenters. The SMILES string of the molecule is OC(c1cnccc1C(F)(F)F)C1(O)CCCCC1. The molecule has 0 radical (unpaired) electrons. The molecular weight excluding hydrogens is 259 g/mol. The number of aliphatic hydroxyl groups is 2. The minimum atomic E-state index is -4.57. The molecule has 0 aromatic carbocycles. The van der Waals surface area contributed by atoms with E-state index in [-0.39, 0.29) is 5.56 Å². The predicted octanol–water partition coefficient (Wildman–Crippen LogP) is 2.83. The quantitative estimate of drug-likeness (QED) is 0.872. The average Bonchev–Trinajstić information content (AvgIpc) is 2.38. The molecule has 3 nitrogen and oxygen atoms in total. The maximum Gasteiger partial charge on any atom is 0.416 e. The van der Waals surface area contributed by atoms with E-state index in [0.29, 0.717) is 25.7 Å². The van der Waals surface area contributed by atoms with Crippen LogP contribution in [0.3, 0.4) is 0 Å². The van der Waals surface area contributed by atoms with Gasteiger partial charge in [-0.3, -0.25) is 4.98 Å². The van der Waals surface area contributed by atoms with Crippen LogP contribution >= 0.6 is 0 Å². The molecule has 1 aliphatic carbocycles. The number of hydrogen-bond donors (Lipinski definition) is 2. The summed E-state index contributed by atoms with van der Waals surface area (Å²) in [5.74, 6) is 0. The fraction of sp³-hybridized carbons (Fsp3) is 0.615. The van der Waals surface area contributed by atoms with Crippen molar-refractivity contribution in [1.29, 1.82) is 0 Å². The topological polar surface area (TPSA) is 53.4 Å². The summed E-state index contributed by atoms with van der Waals surface area (Å²) in [6, 6.07) is 0.824. The van der Waals surface area contributed by atoms with Crippen LogP contribution in [0.1, 0.15) is 49.3 Å². The van der Waals surface area contributed by atoms with Crippen molar-refractivity contribution in [2.45, 2.75) is 50.0 Å². The van der Waals surface area contributed by atoms with E-state index in [2.05, 4.69) is 4.98 Å². The maximum atomic E-state index is 12.9. The van der Waals surface area contributed by atoms with Crippen molar-refractivity contribution in [3.8, 4) is 0 Å². The first kappa shape index (κ1) is 14.3. The van der Waals surface area contributed by atoms with Crippen molar-refractivity contribution in [2.75, 3.05) is 0 Å². The van der Waals surface area contributed by atoms with E-state index < -0.39 is 23.4 Å². The first-order valence-corrected chi connectivity index (χ1v) is 6.26. The van der Waals surface area contributed by atoms with Crippen LogP contribution in [0.25, 0.3) is 0 Å². The van der Waals surface area contributed by atoms with Crippen molar-refractivity contribution < 1.29 is 23.4 Å². The van der Waals surface area contributed by atoms with E-state index in [4.69, 9.17) is 0 Å². The number of nitrogens with zero attached hydrogens (tertiary/aromatic N) is 1. The number of aliphatic hydroxyl groups excluding tert-OH is 1. The molecule has 1 heterocycles. The number of halogens is 3. The highest BCUT2D eigenvalue weighted by atomic mass is 19.4. The summed E-state index contributed by atoms with van der Waals surface area (Å²) in [5.41, 5.74) is -2.77. The third-order valence-corrected chi connectivity index (χ3v) is 3.68. The maximum absolute atomic E-state index is 12.9. The van der Waals surface area contributed by atoms with Gasteiger partial charge in [0.15, 0.2) is 0 Å². The average molecular weight is 275 g/mol. The molecule has 1 atom stereocenters. The van der Waals surface area contributed by atoms with Gasteiger partial charge in [-0.05, 0) is 18.9 Å². The molecular formula is C13H16F3NO2. The fourth-order valence-corrected chi connectivity index (χ4v) is 2.61. The molecule has 0 saturated heterocycles. The van der Waals surface area contributed by atoms with Crippen molar-refractivity contribution in [3.63, 3.8) is 0 Å². The molecule has 19 heavy (non-hydrogen) atoms. The van der Waals surface area contributed by atoms with E-state index in [0.717, 1.165) is 24.9 Å². The molecule has 0 aliphatic heterocycles. The first-order chi connectivity index (χ1) is 8.84. The van der Waals surface area contributed by atoms with Crippen LogP contribution in [-0.4, -0.2) is 20.8 Å². The zero-order valence-corrected chi connectivity index (χ0v) is 10.3. The summed E-state index contributed by atoms with van der Waals surface area (Å²) in [6.45, 7) is 0. The van der Waals surface area contributed by atoms with Gasteiger partial charge in [0.05, 0.1) is 11.2 Å². The largest absolute Gasteiger partial charge is 0.416 e. The lowest BCUT2D eigenvalue weighted by Gasteiger charge is -2.37. The first-order valence-electron chi connectivity index (χ1n) is 6.26. The normalized spacial score (nSPS) is 21.1. The predicted molar refractivity (Wildman–Crippen MR) is 62.2 cm³/mol. The summed E-state index contributed by atoms with van der Waals surface area (Å²) in [7, 11) is 0. The second-order valence-electron chi connectivity index (χ2n) is 5.03. The van der Waals surface area contributed by atoms with Crippen LogP contribution < -0.4 is 0 Å². The molecule has 1 saturated carbocycles. The van der Waals surface area contributed by atoms with Crippen LogP contribution in [0.2, 0.25) is 0 Å². The van der Waals surface area contributed by atoms with E-state index in [1.165, 1.54) is 0 Å². The Morgan fingerprint density at radius 3 is 2.42 bits per heavy atom. The van der Waals surface area contributed by atoms with Gasteiger partial charge < -0.3 is 10.2 Å². The lowest BCUT2D eigenvalue weighted by molar-refractivity contribution is -0.143. The molecule has 6 heteroatoms. The second-order valence-corrected chi connectivity index (χ2v) is 5.03. The summed E-state index contributed by atoms with van der Waals surface area (Å²) < 4.78 is 38.6. The molecule has 1 fully saturated rings. The van der Waals surface area contributed by atoms with Crippen LogP contribution in [0.5, 0.6) is 0 Å². The molecule has 0 amide bonds. The van der Waals surface area contributed by atoms with E-state index in [1.54, 1.807) is 0 Å². The van der Waals surface area contributed by atoms with Crippen molar-refractivity contribution in [2.24, 2.45) is 0 Å². The van der Waals surface area contributed by atoms with Gasteiger partial charge >= 0.3 is 6.18 Å². The molecule has 0 spiro atoms. The Kier molecular flexibility index (Phi) is 3.82. The number of pyridine rings is 1. The third kappa shape index (κ3) is 2.90. The highest BCUT2D eigenvalue weighted by molar-refractivity contribution is 5.30. The molecule has 1 aliphatic rings. The van der Waals surface area contributed by atoms with Gasteiger partial charge in [-0.15, -0.1) is 0 Å². The Morgan fingerprint density at radius 2 is 1.84 bits per heavy atom. The van der Waals surface area contributed by atoms with Crippen LogP contribution in [0.15, 0.2) is 18.5 Å². The van der Waals surface area contributed by atoms with Gasteiger partial charge in [-0.2, -0.15) is 13.2 Å². The molecule has 0 bridgehead atoms. The Bertz CT molecular complexity index is 442. The standard InChI is InChI=1S/C13H16F3NO2/c14-13(15,16)10-4-7-17-8-9(10)11(18)12(19)5-2-1-3-6-12/h4,7-8,11,18-19H,1-3,5-6H2. The highest BCUT2D eigenvalue weighted by Gasteiger charge is 2.42. The molecule has 2 rings (SSSR count). The smallest absolute Gasteiger partial charge is 0.387 e. The van der Waals surface area contributed by atoms with Gasteiger partial charge in [0, 0.05) is 18.0 Å². The summed E-state index contributed by atoms with van der Waals surface area (Å²) in [5, 5.41) is 20.5. The zero-order chi connectivity index (χ0) is 14.1.